The number of hydrogen-bond donors (Lipinski definition) is 3. The van der Waals surface area contributed by atoms with Crippen molar-refractivity contribution in [2.24, 2.45) is 0 Å². The number of esters is 1. The maximum absolute atomic E-state index is 15.9. The Kier molecular flexibility index (Phi) is 9.89. The van der Waals surface area contributed by atoms with Gasteiger partial charge in [0.1, 0.15) is 24.0 Å². The van der Waals surface area contributed by atoms with Crippen molar-refractivity contribution in [1.82, 2.24) is 24.6 Å². The number of aliphatic hydroxyl groups excluding tert-OH is 1. The van der Waals surface area contributed by atoms with Crippen molar-refractivity contribution in [2.75, 3.05) is 19.5 Å². The topological polar surface area (TPSA) is 214 Å². The van der Waals surface area contributed by atoms with Crippen molar-refractivity contribution < 1.29 is 47.6 Å². The number of aliphatic hydroxyl groups is 1. The summed E-state index contributed by atoms with van der Waals surface area (Å²) in [4.78, 5) is 24.6. The van der Waals surface area contributed by atoms with Gasteiger partial charge in [0, 0.05) is 0 Å². The van der Waals surface area contributed by atoms with Gasteiger partial charge < -0.3 is 35.1 Å². The Morgan fingerprint density at radius 3 is 2.61 bits per heavy atom. The molecule has 1 saturated heterocycles. The van der Waals surface area contributed by atoms with E-state index in [0.717, 1.165) is 6.92 Å². The molecule has 0 saturated carbocycles. The number of benzene rings is 1. The summed E-state index contributed by atoms with van der Waals surface area (Å²) in [7, 11) is -2.92. The standard InChI is InChI=1S/C24H32FN6O8P.H2O/c1-13(2)37-21(33)14(3)30-40(34,39-15-9-7-6-8-10-15)36-11-16-18(32)24(4,25)22(38-16)31-12-27-17-19(31)28-23(26)29-20(17)35-5;/h6-10,12-14,16,18,22,32H,11H2,1-5H3,(H,30,34)(H2,26,28,29);1H2/t14-,16+,18+,22+,24+,40-;/m0./s1. The lowest BCUT2D eigenvalue weighted by atomic mass is 9.98. The molecule has 1 aliphatic heterocycles. The Bertz CT molecular complexity index is 1390. The molecule has 15 nitrogen and oxygen atoms in total. The molecule has 1 fully saturated rings. The van der Waals surface area contributed by atoms with Crippen LogP contribution in [0.4, 0.5) is 10.3 Å². The summed E-state index contributed by atoms with van der Waals surface area (Å²) in [6.45, 7) is 5.33. The zero-order valence-corrected chi connectivity index (χ0v) is 23.9. The van der Waals surface area contributed by atoms with Crippen LogP contribution in [0.5, 0.6) is 11.6 Å². The highest BCUT2D eigenvalue weighted by molar-refractivity contribution is 7.52. The molecule has 41 heavy (non-hydrogen) atoms. The molecule has 3 heterocycles. The van der Waals surface area contributed by atoms with E-state index in [4.69, 9.17) is 29.0 Å². The number of carbonyl (C=O) groups excluding carboxylic acids is 1. The lowest BCUT2D eigenvalue weighted by Gasteiger charge is -2.25. The average molecular weight is 601 g/mol. The Morgan fingerprint density at radius 2 is 1.98 bits per heavy atom. The zero-order valence-electron chi connectivity index (χ0n) is 23.1. The zero-order chi connectivity index (χ0) is 29.2. The monoisotopic (exact) mass is 600 g/mol. The fraction of sp³-hybridized carbons (Fsp3) is 0.500. The number of methoxy groups -OCH3 is 1. The van der Waals surface area contributed by atoms with Crippen LogP contribution in [-0.2, 0) is 23.4 Å². The number of alkyl halides is 1. The minimum absolute atomic E-state index is 0. The molecule has 17 heteroatoms. The number of carbonyl (C=O) groups is 1. The average Bonchev–Trinajstić information content (AvgIpc) is 3.40. The van der Waals surface area contributed by atoms with Crippen molar-refractivity contribution >= 4 is 30.8 Å². The van der Waals surface area contributed by atoms with Crippen LogP contribution in [0.25, 0.3) is 11.2 Å². The minimum Gasteiger partial charge on any atom is -0.479 e. The molecule has 6 atom stereocenters. The summed E-state index contributed by atoms with van der Waals surface area (Å²) in [5.41, 5.74) is 3.71. The van der Waals surface area contributed by atoms with E-state index >= 15 is 4.39 Å². The first-order valence-corrected chi connectivity index (χ1v) is 13.9. The summed E-state index contributed by atoms with van der Waals surface area (Å²) in [5.74, 6) is -0.566. The Morgan fingerprint density at radius 1 is 1.29 bits per heavy atom. The third-order valence-electron chi connectivity index (χ3n) is 6.00. The van der Waals surface area contributed by atoms with Gasteiger partial charge in [0.25, 0.3) is 0 Å². The summed E-state index contributed by atoms with van der Waals surface area (Å²) >= 11 is 0. The number of nitrogens with two attached hydrogens (primary N) is 1. The molecule has 0 spiro atoms. The highest BCUT2D eigenvalue weighted by Gasteiger charge is 2.56. The van der Waals surface area contributed by atoms with Gasteiger partial charge in [-0.25, -0.2) is 13.9 Å². The van der Waals surface area contributed by atoms with Crippen molar-refractivity contribution in [2.45, 2.75) is 63.9 Å². The number of aromatic nitrogens is 4. The third-order valence-corrected chi connectivity index (χ3v) is 7.65. The number of rotatable bonds is 11. The van der Waals surface area contributed by atoms with Crippen molar-refractivity contribution in [3.05, 3.63) is 36.7 Å². The fourth-order valence-corrected chi connectivity index (χ4v) is 5.58. The second kappa shape index (κ2) is 12.6. The smallest absolute Gasteiger partial charge is 0.459 e. The van der Waals surface area contributed by atoms with Crippen LogP contribution in [0, 0.1) is 0 Å². The second-order valence-corrected chi connectivity index (χ2v) is 11.3. The largest absolute Gasteiger partial charge is 0.479 e. The Hall–Kier alpha value is -3.40. The summed E-state index contributed by atoms with van der Waals surface area (Å²) in [5, 5.41) is 13.4. The molecule has 0 amide bonds. The van der Waals surface area contributed by atoms with Gasteiger partial charge >= 0.3 is 13.7 Å². The predicted molar refractivity (Wildman–Crippen MR) is 144 cm³/mol. The summed E-state index contributed by atoms with van der Waals surface area (Å²) in [6, 6.07) is 7.02. The number of imidazole rings is 1. The van der Waals surface area contributed by atoms with E-state index in [9.17, 15) is 14.5 Å². The third kappa shape index (κ3) is 6.92. The molecule has 3 aromatic rings. The molecule has 1 aromatic carbocycles. The van der Waals surface area contributed by atoms with E-state index in [0.29, 0.717) is 0 Å². The van der Waals surface area contributed by atoms with Gasteiger partial charge in [-0.2, -0.15) is 15.1 Å². The van der Waals surface area contributed by atoms with Crippen molar-refractivity contribution in [3.63, 3.8) is 0 Å². The first-order valence-electron chi connectivity index (χ1n) is 12.4. The van der Waals surface area contributed by atoms with E-state index < -0.39 is 56.6 Å². The number of ether oxygens (including phenoxy) is 3. The van der Waals surface area contributed by atoms with E-state index in [1.807, 2.05) is 0 Å². The van der Waals surface area contributed by atoms with Gasteiger partial charge in [-0.05, 0) is 39.8 Å². The van der Waals surface area contributed by atoms with E-state index in [1.54, 1.807) is 32.0 Å². The van der Waals surface area contributed by atoms with Gasteiger partial charge in [0.2, 0.25) is 11.8 Å². The highest BCUT2D eigenvalue weighted by Crippen LogP contribution is 2.48. The predicted octanol–water partition coefficient (Wildman–Crippen LogP) is 1.71. The van der Waals surface area contributed by atoms with Crippen LogP contribution in [0.3, 0.4) is 0 Å². The van der Waals surface area contributed by atoms with Crippen LogP contribution in [0.1, 0.15) is 33.9 Å². The van der Waals surface area contributed by atoms with Gasteiger partial charge in [-0.15, -0.1) is 0 Å². The molecule has 2 aromatic heterocycles. The van der Waals surface area contributed by atoms with Crippen LogP contribution in [-0.4, -0.2) is 79.8 Å². The molecule has 226 valence electrons. The molecule has 1 aliphatic rings. The quantitative estimate of drug-likeness (QED) is 0.211. The van der Waals surface area contributed by atoms with Crippen LogP contribution < -0.4 is 20.1 Å². The lowest BCUT2D eigenvalue weighted by molar-refractivity contribution is -0.149. The number of nitrogens with zero attached hydrogens (tertiary/aromatic N) is 4. The van der Waals surface area contributed by atoms with E-state index in [1.165, 1.54) is 37.1 Å². The number of fused-ring (bicyclic) bond motifs is 1. The van der Waals surface area contributed by atoms with Gasteiger partial charge in [0.15, 0.2) is 23.1 Å². The Labute approximate surface area is 235 Å². The molecule has 0 unspecified atom stereocenters. The van der Waals surface area contributed by atoms with Gasteiger partial charge in [0.05, 0.1) is 26.1 Å². The number of hydrogen-bond acceptors (Lipinski definition) is 12. The maximum atomic E-state index is 15.9. The summed E-state index contributed by atoms with van der Waals surface area (Å²) < 4.78 is 58.3. The highest BCUT2D eigenvalue weighted by atomic mass is 31.2. The normalized spacial score (nSPS) is 24.4. The molecular weight excluding hydrogens is 566 g/mol. The number of nitrogens with one attached hydrogen (secondary N) is 1. The van der Waals surface area contributed by atoms with E-state index in [2.05, 4.69) is 20.0 Å². The van der Waals surface area contributed by atoms with Gasteiger partial charge in [-0.3, -0.25) is 13.9 Å². The van der Waals surface area contributed by atoms with Crippen molar-refractivity contribution in [3.8, 4) is 11.6 Å². The molecule has 6 N–H and O–H groups in total. The fourth-order valence-electron chi connectivity index (χ4n) is 4.08. The molecule has 0 bridgehead atoms. The van der Waals surface area contributed by atoms with Crippen LogP contribution in [0.15, 0.2) is 36.7 Å². The summed E-state index contributed by atoms with van der Waals surface area (Å²) in [6.07, 6.45) is -3.63. The molecular formula is C24H34FN6O9P. The number of halogens is 1. The minimum atomic E-state index is -4.29. The SMILES string of the molecule is COc1nc(N)nc2c1ncn2[C@@H]1O[C@H](CO[P@@](=O)(N[C@@H](C)C(=O)OC(C)C)Oc2ccccc2)[C@@H](O)[C@@]1(C)F.O. The lowest BCUT2D eigenvalue weighted by Crippen LogP contribution is -2.41. The first kappa shape index (κ1) is 32.1. The molecule has 0 aliphatic carbocycles. The first-order chi connectivity index (χ1) is 18.8. The van der Waals surface area contributed by atoms with Crippen LogP contribution in [0.2, 0.25) is 0 Å². The Balaban J connectivity index is 0.00000462. The second-order valence-electron chi connectivity index (χ2n) is 9.57. The van der Waals surface area contributed by atoms with Crippen LogP contribution >= 0.6 is 7.75 Å². The number of para-hydroxylation sites is 1. The maximum Gasteiger partial charge on any atom is 0.459 e. The van der Waals surface area contributed by atoms with E-state index in [-0.39, 0.29) is 34.2 Å². The van der Waals surface area contributed by atoms with Gasteiger partial charge in [-0.1, -0.05) is 18.2 Å². The molecule has 0 radical (unpaired) electrons. The number of anilines is 1. The molecule has 4 rings (SSSR count). The number of nitrogen functional groups attached to an aromatic ring is 1. The van der Waals surface area contributed by atoms with Crippen molar-refractivity contribution in [1.29, 1.82) is 0 Å².